The monoisotopic (exact) mass is 382 g/mol. The lowest BCUT2D eigenvalue weighted by molar-refractivity contribution is -0.143. The van der Waals surface area contributed by atoms with E-state index in [1.54, 1.807) is 13.0 Å². The Bertz CT molecular complexity index is 460. The molecular weight excluding hydrogens is 344 g/mol. The minimum absolute atomic E-state index is 0.0949. The molecule has 1 aliphatic rings. The lowest BCUT2D eigenvalue weighted by Crippen LogP contribution is -2.21. The van der Waals surface area contributed by atoms with Gasteiger partial charge in [0.2, 0.25) is 0 Å². The molecule has 1 saturated carbocycles. The summed E-state index contributed by atoms with van der Waals surface area (Å²) < 4.78 is 4.92. The first kappa shape index (κ1) is 23.9. The molecule has 0 aromatic carbocycles. The second-order valence-corrected chi connectivity index (χ2v) is 7.46. The second-order valence-electron chi connectivity index (χ2n) is 7.46. The van der Waals surface area contributed by atoms with Gasteiger partial charge in [-0.3, -0.25) is 4.79 Å². The van der Waals surface area contributed by atoms with Crippen LogP contribution in [0.1, 0.15) is 71.6 Å². The second kappa shape index (κ2) is 13.9. The van der Waals surface area contributed by atoms with Crippen molar-refractivity contribution in [2.75, 3.05) is 6.61 Å². The fourth-order valence-corrected chi connectivity index (χ4v) is 3.69. The first-order valence-corrected chi connectivity index (χ1v) is 10.5. The lowest BCUT2D eigenvalue weighted by atomic mass is 9.88. The van der Waals surface area contributed by atoms with Crippen LogP contribution in [0.15, 0.2) is 24.3 Å². The van der Waals surface area contributed by atoms with Crippen molar-refractivity contribution in [1.29, 1.82) is 0 Å². The highest BCUT2D eigenvalue weighted by Gasteiger charge is 2.39. The van der Waals surface area contributed by atoms with Crippen LogP contribution < -0.4 is 0 Å². The number of hydrogen-bond donors (Lipinski definition) is 3. The first-order valence-electron chi connectivity index (χ1n) is 10.5. The molecule has 0 aromatic rings. The van der Waals surface area contributed by atoms with Crippen molar-refractivity contribution in [2.24, 2.45) is 11.8 Å². The summed E-state index contributed by atoms with van der Waals surface area (Å²) in [6.07, 6.45) is 13.1. The summed E-state index contributed by atoms with van der Waals surface area (Å²) in [7, 11) is 0. The third-order valence-electron chi connectivity index (χ3n) is 5.21. The Balaban J connectivity index is 2.44. The molecule has 3 N–H and O–H groups in total. The zero-order valence-electron chi connectivity index (χ0n) is 16.9. The molecule has 5 atom stereocenters. The number of esters is 1. The van der Waals surface area contributed by atoms with Crippen molar-refractivity contribution in [3.05, 3.63) is 24.3 Å². The molecule has 1 rings (SSSR count). The highest BCUT2D eigenvalue weighted by Crippen LogP contribution is 2.37. The highest BCUT2D eigenvalue weighted by molar-refractivity contribution is 5.69. The van der Waals surface area contributed by atoms with Crippen LogP contribution in [0.25, 0.3) is 0 Å². The number of unbranched alkanes of at least 4 members (excludes halogenated alkanes) is 3. The summed E-state index contributed by atoms with van der Waals surface area (Å²) in [6.45, 7) is 4.33. The molecule has 0 aromatic heterocycles. The van der Waals surface area contributed by atoms with E-state index < -0.39 is 18.3 Å². The maximum atomic E-state index is 11.5. The number of allylic oxidation sites excluding steroid dienone is 1. The summed E-state index contributed by atoms with van der Waals surface area (Å²) >= 11 is 0. The Kier molecular flexibility index (Phi) is 12.3. The van der Waals surface area contributed by atoms with Crippen molar-refractivity contribution < 1.29 is 24.9 Å². The first-order chi connectivity index (χ1) is 13.0. The fourth-order valence-electron chi connectivity index (χ4n) is 3.69. The normalized spacial score (nSPS) is 26.9. The van der Waals surface area contributed by atoms with Crippen molar-refractivity contribution in [3.8, 4) is 0 Å². The Hall–Kier alpha value is -1.17. The van der Waals surface area contributed by atoms with Crippen molar-refractivity contribution in [3.63, 3.8) is 0 Å². The van der Waals surface area contributed by atoms with Gasteiger partial charge in [0.05, 0.1) is 24.9 Å². The SMILES string of the molecule is CCCCC/C=C\C[C@@H](O)/C=C/[C@@H]1[C@H](CCCC(=O)OCC)[C@H](O)C[C@@H]1O. The number of hydrogen-bond acceptors (Lipinski definition) is 5. The van der Waals surface area contributed by atoms with Crippen LogP contribution in [-0.4, -0.2) is 46.2 Å². The van der Waals surface area contributed by atoms with E-state index in [2.05, 4.69) is 13.0 Å². The lowest BCUT2D eigenvalue weighted by Gasteiger charge is -2.21. The summed E-state index contributed by atoms with van der Waals surface area (Å²) in [5, 5.41) is 30.6. The fraction of sp³-hybridized carbons (Fsp3) is 0.773. The minimum atomic E-state index is -0.611. The molecule has 0 spiro atoms. The van der Waals surface area contributed by atoms with Gasteiger partial charge in [-0.1, -0.05) is 44.1 Å². The van der Waals surface area contributed by atoms with Gasteiger partial charge < -0.3 is 20.1 Å². The third kappa shape index (κ3) is 9.54. The van der Waals surface area contributed by atoms with Gasteiger partial charge in [-0.25, -0.2) is 0 Å². The predicted octanol–water partition coefficient (Wildman–Crippen LogP) is 3.52. The van der Waals surface area contributed by atoms with E-state index in [0.29, 0.717) is 38.7 Å². The van der Waals surface area contributed by atoms with Gasteiger partial charge in [-0.05, 0) is 44.9 Å². The van der Waals surface area contributed by atoms with Crippen LogP contribution in [0.3, 0.4) is 0 Å². The van der Waals surface area contributed by atoms with Crippen LogP contribution in [-0.2, 0) is 9.53 Å². The van der Waals surface area contributed by atoms with Crippen LogP contribution in [0.2, 0.25) is 0 Å². The summed E-state index contributed by atoms with van der Waals surface area (Å²) in [6, 6.07) is 0. The Morgan fingerprint density at radius 2 is 1.93 bits per heavy atom. The molecule has 1 fully saturated rings. The minimum Gasteiger partial charge on any atom is -0.466 e. The van der Waals surface area contributed by atoms with Crippen molar-refractivity contribution >= 4 is 5.97 Å². The average Bonchev–Trinajstić information content (AvgIpc) is 2.89. The van der Waals surface area contributed by atoms with E-state index >= 15 is 0 Å². The topological polar surface area (TPSA) is 87.0 Å². The standard InChI is InChI=1S/C22H38O5/c1-3-5-6-7-8-9-11-17(23)14-15-19-18(20(24)16-21(19)25)12-10-13-22(26)27-4-2/h8-9,14-15,17-21,23-25H,3-7,10-13,16H2,1-2H3/b9-8-,15-14+/t17-,18+,19-,20-,21+/m1/s1. The molecule has 0 aliphatic heterocycles. The van der Waals surface area contributed by atoms with E-state index in [1.807, 2.05) is 12.2 Å². The van der Waals surface area contributed by atoms with Crippen LogP contribution in [0.4, 0.5) is 0 Å². The smallest absolute Gasteiger partial charge is 0.305 e. The molecule has 156 valence electrons. The number of aliphatic hydroxyl groups is 3. The molecule has 0 amide bonds. The number of carbonyl (C=O) groups is 1. The summed E-state index contributed by atoms with van der Waals surface area (Å²) in [5.41, 5.74) is 0. The van der Waals surface area contributed by atoms with Gasteiger partial charge >= 0.3 is 5.97 Å². The molecule has 27 heavy (non-hydrogen) atoms. The molecular formula is C22H38O5. The number of rotatable bonds is 13. The van der Waals surface area contributed by atoms with Gasteiger partial charge in [-0.15, -0.1) is 0 Å². The van der Waals surface area contributed by atoms with Gasteiger partial charge in [0, 0.05) is 18.8 Å². The van der Waals surface area contributed by atoms with Crippen molar-refractivity contribution in [1.82, 2.24) is 0 Å². The van der Waals surface area contributed by atoms with Crippen LogP contribution in [0.5, 0.6) is 0 Å². The molecule has 0 heterocycles. The molecule has 1 aliphatic carbocycles. The zero-order chi connectivity index (χ0) is 20.1. The van der Waals surface area contributed by atoms with Crippen LogP contribution in [0, 0.1) is 11.8 Å². The van der Waals surface area contributed by atoms with Crippen molar-refractivity contribution in [2.45, 2.75) is 89.9 Å². The van der Waals surface area contributed by atoms with E-state index in [1.165, 1.54) is 19.3 Å². The quantitative estimate of drug-likeness (QED) is 0.258. The molecule has 5 heteroatoms. The maximum absolute atomic E-state index is 11.5. The zero-order valence-corrected chi connectivity index (χ0v) is 16.9. The van der Waals surface area contributed by atoms with E-state index in [-0.39, 0.29) is 17.8 Å². The van der Waals surface area contributed by atoms with Gasteiger partial charge in [0.15, 0.2) is 0 Å². The number of carbonyl (C=O) groups excluding carboxylic acids is 1. The molecule has 0 unspecified atom stereocenters. The Labute approximate surface area is 164 Å². The van der Waals surface area contributed by atoms with E-state index in [0.717, 1.165) is 6.42 Å². The van der Waals surface area contributed by atoms with Gasteiger partial charge in [0.1, 0.15) is 0 Å². The molecule has 5 nitrogen and oxygen atoms in total. The third-order valence-corrected chi connectivity index (χ3v) is 5.21. The van der Waals surface area contributed by atoms with Gasteiger partial charge in [0.25, 0.3) is 0 Å². The van der Waals surface area contributed by atoms with E-state index in [9.17, 15) is 20.1 Å². The number of aliphatic hydroxyl groups excluding tert-OH is 3. The molecule has 0 radical (unpaired) electrons. The largest absolute Gasteiger partial charge is 0.466 e. The van der Waals surface area contributed by atoms with Gasteiger partial charge in [-0.2, -0.15) is 0 Å². The molecule has 0 saturated heterocycles. The highest BCUT2D eigenvalue weighted by atomic mass is 16.5. The average molecular weight is 383 g/mol. The Morgan fingerprint density at radius 1 is 1.15 bits per heavy atom. The maximum Gasteiger partial charge on any atom is 0.305 e. The summed E-state index contributed by atoms with van der Waals surface area (Å²) in [4.78, 5) is 11.5. The predicted molar refractivity (Wildman–Crippen MR) is 107 cm³/mol. The van der Waals surface area contributed by atoms with Crippen LogP contribution >= 0.6 is 0 Å². The number of ether oxygens (including phenoxy) is 1. The Morgan fingerprint density at radius 3 is 2.63 bits per heavy atom. The summed E-state index contributed by atoms with van der Waals surface area (Å²) in [5.74, 6) is -0.508. The van der Waals surface area contributed by atoms with E-state index in [4.69, 9.17) is 4.74 Å². The molecule has 0 bridgehead atoms.